The number of anilines is 1. The highest BCUT2D eigenvalue weighted by molar-refractivity contribution is 6.02. The normalized spacial score (nSPS) is 22.9. The summed E-state index contributed by atoms with van der Waals surface area (Å²) in [6.45, 7) is 0.329. The molecular weight excluding hydrogens is 426 g/mol. The van der Waals surface area contributed by atoms with Crippen LogP contribution in [0.2, 0.25) is 0 Å². The van der Waals surface area contributed by atoms with Gasteiger partial charge >= 0.3 is 0 Å². The Morgan fingerprint density at radius 2 is 2.03 bits per heavy atom. The molecule has 3 aliphatic rings. The van der Waals surface area contributed by atoms with E-state index >= 15 is 0 Å². The fourth-order valence-electron chi connectivity index (χ4n) is 4.53. The van der Waals surface area contributed by atoms with Crippen molar-refractivity contribution in [2.75, 3.05) is 5.32 Å². The number of aliphatic hydroxyl groups is 1. The van der Waals surface area contributed by atoms with Crippen LogP contribution in [0.25, 0.3) is 11.0 Å². The molecule has 3 N–H and O–H groups in total. The quantitative estimate of drug-likeness (QED) is 0.503. The Morgan fingerprint density at radius 3 is 2.82 bits per heavy atom. The van der Waals surface area contributed by atoms with Crippen LogP contribution in [-0.2, 0) is 16.1 Å². The van der Waals surface area contributed by atoms with E-state index in [0.717, 1.165) is 23.8 Å². The topological polar surface area (TPSA) is 142 Å². The third kappa shape index (κ3) is 3.45. The van der Waals surface area contributed by atoms with Gasteiger partial charge in [-0.1, -0.05) is 6.07 Å². The van der Waals surface area contributed by atoms with Crippen LogP contribution < -0.4 is 10.6 Å². The number of aromatic nitrogens is 4. The minimum Gasteiger partial charge on any atom is -0.374 e. The van der Waals surface area contributed by atoms with E-state index in [2.05, 4.69) is 25.7 Å². The Kier molecular flexibility index (Phi) is 4.49. The van der Waals surface area contributed by atoms with Crippen molar-refractivity contribution in [2.24, 2.45) is 0 Å². The van der Waals surface area contributed by atoms with Gasteiger partial charge in [0.05, 0.1) is 23.7 Å². The molecule has 6 rings (SSSR count). The minimum atomic E-state index is -0.956. The molecule has 2 aliphatic heterocycles. The average Bonchev–Trinajstić information content (AvgIpc) is 3.47. The van der Waals surface area contributed by atoms with E-state index in [-0.39, 0.29) is 18.2 Å². The zero-order valence-corrected chi connectivity index (χ0v) is 17.6. The first-order valence-corrected chi connectivity index (χ1v) is 10.9. The molecule has 0 spiro atoms. The minimum absolute atomic E-state index is 0.0515. The predicted molar refractivity (Wildman–Crippen MR) is 115 cm³/mol. The maximum atomic E-state index is 12.8. The number of nitrogens with one attached hydrogen (secondary N) is 2. The van der Waals surface area contributed by atoms with Gasteiger partial charge in [-0.3, -0.25) is 24.6 Å². The molecule has 2 fully saturated rings. The Balaban J connectivity index is 1.20. The first-order valence-electron chi connectivity index (χ1n) is 10.9. The zero-order valence-electron chi connectivity index (χ0n) is 17.6. The molecule has 2 atom stereocenters. The Bertz CT molecular complexity index is 1320. The number of imide groups is 1. The number of hydrogen-bond donors (Lipinski definition) is 3. The molecule has 168 valence electrons. The molecule has 2 unspecified atom stereocenters. The number of carbonyl (C=O) groups excluding carboxylic acids is 3. The van der Waals surface area contributed by atoms with Gasteiger partial charge in [0, 0.05) is 30.4 Å². The first-order chi connectivity index (χ1) is 16.0. The van der Waals surface area contributed by atoms with Crippen molar-refractivity contribution in [3.63, 3.8) is 0 Å². The largest absolute Gasteiger partial charge is 0.374 e. The number of rotatable bonds is 4. The molecule has 3 amide bonds. The van der Waals surface area contributed by atoms with Crippen LogP contribution in [0.4, 0.5) is 5.69 Å². The molecule has 4 heterocycles. The second-order valence-corrected chi connectivity index (χ2v) is 8.67. The molecule has 1 aromatic carbocycles. The summed E-state index contributed by atoms with van der Waals surface area (Å²) in [6.07, 6.45) is 5.05. The average molecular weight is 447 g/mol. The molecule has 11 heteroatoms. The molecule has 11 nitrogen and oxygen atoms in total. The van der Waals surface area contributed by atoms with Gasteiger partial charge in [0.2, 0.25) is 17.6 Å². The van der Waals surface area contributed by atoms with Gasteiger partial charge in [0.1, 0.15) is 6.23 Å². The van der Waals surface area contributed by atoms with Crippen molar-refractivity contribution in [1.82, 2.24) is 30.0 Å². The lowest BCUT2D eigenvalue weighted by molar-refractivity contribution is -0.141. The fraction of sp³-hybridized carbons (Fsp3) is 0.364. The molecule has 33 heavy (non-hydrogen) atoms. The standard InChI is InChI=1S/C22H21N7O4/c30-17-6-5-16(20(31)26-17)28-10-11-7-13(1-4-15(11)22(28)33)25-21(32)18-23-8-12-9-24-29(14-2-3-14)19(12)27-18/h1,4,7-9,14,16,22,33H,2-3,5-6,10H2,(H,25,32)(H,26,30,31). The van der Waals surface area contributed by atoms with Gasteiger partial charge in [0.15, 0.2) is 5.65 Å². The van der Waals surface area contributed by atoms with E-state index in [1.54, 1.807) is 35.5 Å². The molecule has 3 aromatic rings. The van der Waals surface area contributed by atoms with E-state index in [4.69, 9.17) is 0 Å². The molecule has 1 saturated carbocycles. The summed E-state index contributed by atoms with van der Waals surface area (Å²) in [7, 11) is 0. The summed E-state index contributed by atoms with van der Waals surface area (Å²) in [5.41, 5.74) is 2.65. The van der Waals surface area contributed by atoms with Gasteiger partial charge in [-0.2, -0.15) is 5.10 Å². The monoisotopic (exact) mass is 447 g/mol. The molecular formula is C22H21N7O4. The van der Waals surface area contributed by atoms with Crippen molar-refractivity contribution < 1.29 is 19.5 Å². The Labute approximate surface area is 187 Å². The van der Waals surface area contributed by atoms with Crippen LogP contribution in [0.15, 0.2) is 30.6 Å². The summed E-state index contributed by atoms with van der Waals surface area (Å²) < 4.78 is 1.84. The molecule has 2 aromatic heterocycles. The fourth-order valence-corrected chi connectivity index (χ4v) is 4.53. The summed E-state index contributed by atoms with van der Waals surface area (Å²) >= 11 is 0. The number of fused-ring (bicyclic) bond motifs is 2. The molecule has 0 radical (unpaired) electrons. The second-order valence-electron chi connectivity index (χ2n) is 8.67. The third-order valence-corrected chi connectivity index (χ3v) is 6.39. The van der Waals surface area contributed by atoms with Crippen LogP contribution >= 0.6 is 0 Å². The number of piperidine rings is 1. The highest BCUT2D eigenvalue weighted by Crippen LogP contribution is 2.37. The number of benzene rings is 1. The third-order valence-electron chi connectivity index (χ3n) is 6.39. The molecule has 1 aliphatic carbocycles. The van der Waals surface area contributed by atoms with E-state index in [1.807, 2.05) is 4.68 Å². The van der Waals surface area contributed by atoms with Crippen LogP contribution in [-0.4, -0.2) is 53.5 Å². The van der Waals surface area contributed by atoms with Crippen molar-refractivity contribution in [3.8, 4) is 0 Å². The summed E-state index contributed by atoms with van der Waals surface area (Å²) in [4.78, 5) is 46.8. The van der Waals surface area contributed by atoms with Gasteiger partial charge in [-0.25, -0.2) is 14.6 Å². The van der Waals surface area contributed by atoms with Gasteiger partial charge in [0.25, 0.3) is 5.91 Å². The number of aliphatic hydroxyl groups excluding tert-OH is 1. The van der Waals surface area contributed by atoms with Crippen LogP contribution in [0.5, 0.6) is 0 Å². The Morgan fingerprint density at radius 1 is 1.18 bits per heavy atom. The lowest BCUT2D eigenvalue weighted by atomic mass is 10.0. The van der Waals surface area contributed by atoms with Crippen LogP contribution in [0.3, 0.4) is 0 Å². The maximum Gasteiger partial charge on any atom is 0.293 e. The SMILES string of the molecule is O=C1CCC(N2Cc3cc(NC(=O)c4ncc5cnn(C6CC6)c5n4)ccc3C2O)C(=O)N1. The van der Waals surface area contributed by atoms with Gasteiger partial charge in [-0.15, -0.1) is 0 Å². The van der Waals surface area contributed by atoms with Crippen molar-refractivity contribution in [2.45, 2.75) is 50.5 Å². The van der Waals surface area contributed by atoms with Crippen LogP contribution in [0, 0.1) is 0 Å². The highest BCUT2D eigenvalue weighted by atomic mass is 16.3. The lowest BCUT2D eigenvalue weighted by Crippen LogP contribution is -2.51. The lowest BCUT2D eigenvalue weighted by Gasteiger charge is -2.31. The van der Waals surface area contributed by atoms with Crippen molar-refractivity contribution >= 4 is 34.4 Å². The van der Waals surface area contributed by atoms with E-state index in [1.165, 1.54) is 0 Å². The number of nitrogens with zero attached hydrogens (tertiary/aromatic N) is 5. The highest BCUT2D eigenvalue weighted by Gasteiger charge is 2.39. The Hall–Kier alpha value is -3.70. The summed E-state index contributed by atoms with van der Waals surface area (Å²) in [6, 6.07) is 4.95. The maximum absolute atomic E-state index is 12.8. The van der Waals surface area contributed by atoms with E-state index < -0.39 is 24.1 Å². The van der Waals surface area contributed by atoms with E-state index in [0.29, 0.717) is 35.9 Å². The number of carbonyl (C=O) groups is 3. The second kappa shape index (κ2) is 7.42. The van der Waals surface area contributed by atoms with E-state index in [9.17, 15) is 19.5 Å². The first kappa shape index (κ1) is 19.9. The smallest absolute Gasteiger partial charge is 0.293 e. The molecule has 1 saturated heterocycles. The number of hydrogen-bond acceptors (Lipinski definition) is 8. The predicted octanol–water partition coefficient (Wildman–Crippen LogP) is 1.03. The zero-order chi connectivity index (χ0) is 22.7. The van der Waals surface area contributed by atoms with Gasteiger partial charge in [-0.05, 0) is 37.0 Å². The van der Waals surface area contributed by atoms with Crippen LogP contribution in [0.1, 0.15) is 59.7 Å². The summed E-state index contributed by atoms with van der Waals surface area (Å²) in [5, 5.41) is 21.0. The van der Waals surface area contributed by atoms with Crippen molar-refractivity contribution in [3.05, 3.63) is 47.5 Å². The van der Waals surface area contributed by atoms with Crippen molar-refractivity contribution in [1.29, 1.82) is 0 Å². The summed E-state index contributed by atoms with van der Waals surface area (Å²) in [5.74, 6) is -1.09. The number of amides is 3. The van der Waals surface area contributed by atoms with Gasteiger partial charge < -0.3 is 10.4 Å². The molecule has 0 bridgehead atoms.